The minimum atomic E-state index is -0.0435. The molecule has 4 rings (SSSR count). The average Bonchev–Trinajstić information content (AvgIpc) is 3.27. The highest BCUT2D eigenvalue weighted by Crippen LogP contribution is 2.35. The number of aromatic nitrogens is 5. The molecule has 126 valence electrons. The van der Waals surface area contributed by atoms with E-state index in [-0.39, 0.29) is 5.91 Å². The molecular weight excluding hydrogens is 306 g/mol. The summed E-state index contributed by atoms with van der Waals surface area (Å²) in [5, 5.41) is 10.1. The molecule has 0 atom stereocenters. The summed E-state index contributed by atoms with van der Waals surface area (Å²) in [6, 6.07) is 3.07. The molecule has 0 radical (unpaired) electrons. The second kappa shape index (κ2) is 6.18. The summed E-state index contributed by atoms with van der Waals surface area (Å²) in [6.07, 6.45) is 7.46. The number of nitrogens with zero attached hydrogens (tertiary/aromatic N) is 6. The number of likely N-dealkylation sites (tertiary alicyclic amines) is 1. The van der Waals surface area contributed by atoms with Crippen LogP contribution in [0.4, 0.5) is 5.82 Å². The van der Waals surface area contributed by atoms with E-state index in [0.717, 1.165) is 37.4 Å². The molecular formula is C16H21N7O. The van der Waals surface area contributed by atoms with Crippen molar-refractivity contribution < 1.29 is 4.79 Å². The van der Waals surface area contributed by atoms with Gasteiger partial charge >= 0.3 is 0 Å². The third-order valence-corrected chi connectivity index (χ3v) is 4.77. The first-order valence-corrected chi connectivity index (χ1v) is 8.44. The van der Waals surface area contributed by atoms with Crippen molar-refractivity contribution in [2.24, 2.45) is 0 Å². The Kier molecular flexibility index (Phi) is 3.87. The van der Waals surface area contributed by atoms with Crippen LogP contribution in [-0.2, 0) is 0 Å². The molecule has 8 heteroatoms. The number of aryl methyl sites for hydroxylation is 1. The Morgan fingerprint density at radius 2 is 1.96 bits per heavy atom. The Balaban J connectivity index is 1.45. The average molecular weight is 327 g/mol. The van der Waals surface area contributed by atoms with Gasteiger partial charge in [0.2, 0.25) is 0 Å². The van der Waals surface area contributed by atoms with Gasteiger partial charge in [0.15, 0.2) is 5.69 Å². The van der Waals surface area contributed by atoms with Crippen LogP contribution in [0.3, 0.4) is 0 Å². The lowest BCUT2D eigenvalue weighted by molar-refractivity contribution is 0.0706. The van der Waals surface area contributed by atoms with E-state index in [2.05, 4.69) is 36.3 Å². The zero-order valence-electron chi connectivity index (χ0n) is 13.7. The molecule has 24 heavy (non-hydrogen) atoms. The first kappa shape index (κ1) is 15.0. The van der Waals surface area contributed by atoms with Crippen LogP contribution in [0.5, 0.6) is 0 Å². The summed E-state index contributed by atoms with van der Waals surface area (Å²) < 4.78 is 0. The number of amides is 1. The fourth-order valence-electron chi connectivity index (χ4n) is 3.42. The van der Waals surface area contributed by atoms with E-state index in [1.165, 1.54) is 19.0 Å². The molecule has 2 aromatic rings. The minimum absolute atomic E-state index is 0.0435. The quantitative estimate of drug-likeness (QED) is 0.906. The maximum Gasteiger partial charge on any atom is 0.276 e. The lowest BCUT2D eigenvalue weighted by Crippen LogP contribution is -2.48. The Hall–Kier alpha value is -2.51. The van der Waals surface area contributed by atoms with Gasteiger partial charge in [0.05, 0.1) is 6.20 Å². The summed E-state index contributed by atoms with van der Waals surface area (Å²) in [6.45, 7) is 3.47. The highest BCUT2D eigenvalue weighted by atomic mass is 16.2. The van der Waals surface area contributed by atoms with E-state index >= 15 is 0 Å². The highest BCUT2D eigenvalue weighted by Gasteiger charge is 2.37. The number of carbonyl (C=O) groups is 1. The van der Waals surface area contributed by atoms with Gasteiger partial charge in [-0.05, 0) is 32.6 Å². The van der Waals surface area contributed by atoms with E-state index < -0.39 is 0 Å². The summed E-state index contributed by atoms with van der Waals surface area (Å²) in [4.78, 5) is 25.4. The van der Waals surface area contributed by atoms with Crippen molar-refractivity contribution in [2.75, 3.05) is 18.0 Å². The number of nitrogens with one attached hydrogen (secondary N) is 1. The fourth-order valence-corrected chi connectivity index (χ4v) is 3.42. The van der Waals surface area contributed by atoms with Gasteiger partial charge in [0.1, 0.15) is 12.1 Å². The van der Waals surface area contributed by atoms with E-state index in [1.54, 1.807) is 6.33 Å². The minimum Gasteiger partial charge on any atom is -0.350 e. The zero-order chi connectivity index (χ0) is 16.5. The van der Waals surface area contributed by atoms with Crippen LogP contribution in [-0.4, -0.2) is 61.4 Å². The predicted octanol–water partition coefficient (Wildman–Crippen LogP) is 1.18. The molecule has 2 fully saturated rings. The molecule has 0 aromatic carbocycles. The Bertz CT molecular complexity index is 705. The normalized spacial score (nSPS) is 18.6. The van der Waals surface area contributed by atoms with Crippen LogP contribution < -0.4 is 4.90 Å². The largest absolute Gasteiger partial charge is 0.350 e. The van der Waals surface area contributed by atoms with E-state index in [0.29, 0.717) is 17.8 Å². The molecule has 1 N–H and O–H groups in total. The molecule has 1 aliphatic carbocycles. The summed E-state index contributed by atoms with van der Waals surface area (Å²) >= 11 is 0. The molecule has 2 aromatic heterocycles. The van der Waals surface area contributed by atoms with Crippen molar-refractivity contribution >= 4 is 11.7 Å². The molecule has 0 spiro atoms. The van der Waals surface area contributed by atoms with Crippen LogP contribution in [0.1, 0.15) is 41.9 Å². The van der Waals surface area contributed by atoms with Crippen LogP contribution in [0, 0.1) is 6.92 Å². The Morgan fingerprint density at radius 1 is 1.21 bits per heavy atom. The number of hydrogen-bond donors (Lipinski definition) is 1. The summed E-state index contributed by atoms with van der Waals surface area (Å²) in [5.41, 5.74) is 1.38. The number of piperidine rings is 1. The van der Waals surface area contributed by atoms with Gasteiger partial charge in [-0.3, -0.25) is 4.79 Å². The highest BCUT2D eigenvalue weighted by molar-refractivity contribution is 5.91. The van der Waals surface area contributed by atoms with E-state index in [9.17, 15) is 4.79 Å². The van der Waals surface area contributed by atoms with Crippen molar-refractivity contribution in [3.05, 3.63) is 30.0 Å². The van der Waals surface area contributed by atoms with Crippen molar-refractivity contribution in [2.45, 2.75) is 44.7 Å². The number of aromatic amines is 1. The molecule has 0 bridgehead atoms. The first-order chi connectivity index (χ1) is 11.7. The van der Waals surface area contributed by atoms with Crippen LogP contribution in [0.25, 0.3) is 0 Å². The van der Waals surface area contributed by atoms with Gasteiger partial charge in [0, 0.05) is 36.9 Å². The maximum absolute atomic E-state index is 12.4. The Labute approximate surface area is 140 Å². The molecule has 1 saturated heterocycles. The maximum atomic E-state index is 12.4. The van der Waals surface area contributed by atoms with Crippen molar-refractivity contribution in [3.63, 3.8) is 0 Å². The number of rotatable bonds is 4. The summed E-state index contributed by atoms with van der Waals surface area (Å²) in [7, 11) is 0. The second-order valence-corrected chi connectivity index (χ2v) is 6.53. The van der Waals surface area contributed by atoms with Crippen molar-refractivity contribution in [1.82, 2.24) is 30.3 Å². The number of anilines is 1. The molecule has 8 nitrogen and oxygen atoms in total. The van der Waals surface area contributed by atoms with E-state index in [4.69, 9.17) is 0 Å². The van der Waals surface area contributed by atoms with Gasteiger partial charge in [0.25, 0.3) is 5.91 Å². The fraction of sp³-hybridized carbons (Fsp3) is 0.562. The third-order valence-electron chi connectivity index (χ3n) is 4.77. The van der Waals surface area contributed by atoms with E-state index in [1.807, 2.05) is 11.8 Å². The van der Waals surface area contributed by atoms with Crippen LogP contribution in [0.2, 0.25) is 0 Å². The molecule has 3 heterocycles. The molecule has 1 amide bonds. The summed E-state index contributed by atoms with van der Waals surface area (Å²) in [5.74, 6) is 0.976. The van der Waals surface area contributed by atoms with Gasteiger partial charge in [-0.15, -0.1) is 0 Å². The smallest absolute Gasteiger partial charge is 0.276 e. The monoisotopic (exact) mass is 327 g/mol. The Morgan fingerprint density at radius 3 is 2.58 bits per heavy atom. The van der Waals surface area contributed by atoms with Gasteiger partial charge < -0.3 is 9.80 Å². The number of hydrogen-bond acceptors (Lipinski definition) is 6. The lowest BCUT2D eigenvalue weighted by Gasteiger charge is -2.39. The molecule has 0 unspecified atom stereocenters. The van der Waals surface area contributed by atoms with Gasteiger partial charge in [-0.25, -0.2) is 9.97 Å². The predicted molar refractivity (Wildman–Crippen MR) is 87.6 cm³/mol. The van der Waals surface area contributed by atoms with Crippen molar-refractivity contribution in [3.8, 4) is 0 Å². The van der Waals surface area contributed by atoms with Crippen LogP contribution in [0.15, 0.2) is 18.6 Å². The van der Waals surface area contributed by atoms with Gasteiger partial charge in [-0.2, -0.15) is 15.4 Å². The lowest BCUT2D eigenvalue weighted by atomic mass is 10.0. The topological polar surface area (TPSA) is 90.9 Å². The molecule has 2 aliphatic rings. The molecule has 1 saturated carbocycles. The van der Waals surface area contributed by atoms with Crippen LogP contribution >= 0.6 is 0 Å². The number of H-pyrrole nitrogens is 1. The zero-order valence-corrected chi connectivity index (χ0v) is 13.7. The second-order valence-electron chi connectivity index (χ2n) is 6.53. The van der Waals surface area contributed by atoms with Gasteiger partial charge in [-0.1, -0.05) is 0 Å². The first-order valence-electron chi connectivity index (χ1n) is 8.44. The SMILES string of the molecule is Cc1cc(N(C2CC2)C2CCN(C(=O)c3cn[nH]n3)CC2)ncn1. The standard InChI is InChI=1S/C16H21N7O/c1-11-8-15(18-10-17-11)23(12-2-3-12)13-4-6-22(7-5-13)16(24)14-9-19-21-20-14/h8-10,12-13H,2-7H2,1H3,(H,19,20,21). The third kappa shape index (κ3) is 2.95. The number of carbonyl (C=O) groups excluding carboxylic acids is 1. The van der Waals surface area contributed by atoms with Crippen molar-refractivity contribution in [1.29, 1.82) is 0 Å². The molecule has 1 aliphatic heterocycles.